The molecule has 0 N–H and O–H groups in total. The van der Waals surface area contributed by atoms with Gasteiger partial charge < -0.3 is 4.74 Å². The summed E-state index contributed by atoms with van der Waals surface area (Å²) in [7, 11) is 0. The highest BCUT2D eigenvalue weighted by molar-refractivity contribution is 9.10. The Morgan fingerprint density at radius 2 is 1.97 bits per heavy atom. The summed E-state index contributed by atoms with van der Waals surface area (Å²) in [5.74, 6) is 0.229. The zero-order valence-corrected chi connectivity index (χ0v) is 19.3. The van der Waals surface area contributed by atoms with Crippen molar-refractivity contribution in [1.29, 1.82) is 0 Å². The minimum atomic E-state index is -0.302. The molecule has 1 saturated heterocycles. The van der Waals surface area contributed by atoms with E-state index < -0.39 is 0 Å². The van der Waals surface area contributed by atoms with E-state index in [1.807, 2.05) is 50.2 Å². The summed E-state index contributed by atoms with van der Waals surface area (Å²) in [5, 5.41) is 1.19. The monoisotopic (exact) mass is 486 g/mol. The molecule has 1 aliphatic rings. The minimum absolute atomic E-state index is 0.00812. The third-order valence-electron chi connectivity index (χ3n) is 5.31. The molecule has 156 valence electrons. The van der Waals surface area contributed by atoms with E-state index in [2.05, 4.69) is 15.9 Å². The lowest BCUT2D eigenvalue weighted by Gasteiger charge is -2.36. The molecule has 0 bridgehead atoms. The van der Waals surface area contributed by atoms with Crippen molar-refractivity contribution in [2.75, 3.05) is 12.4 Å². The number of thioether (sulfide) groups is 1. The van der Waals surface area contributed by atoms with Gasteiger partial charge in [0.1, 0.15) is 0 Å². The molecule has 2 aromatic carbocycles. The molecule has 0 amide bonds. The van der Waals surface area contributed by atoms with Crippen LogP contribution in [0.15, 0.2) is 63.0 Å². The Balaban J connectivity index is 1.69. The van der Waals surface area contributed by atoms with Crippen molar-refractivity contribution in [1.82, 2.24) is 9.55 Å². The number of ketones is 1. The van der Waals surface area contributed by atoms with Gasteiger partial charge in [-0.05, 0) is 51.0 Å². The van der Waals surface area contributed by atoms with Crippen LogP contribution in [0.25, 0.3) is 10.9 Å². The average Bonchev–Trinajstić information content (AvgIpc) is 2.72. The molecule has 1 atom stereocenters. The maximum absolute atomic E-state index is 13.4. The molecule has 5 nitrogen and oxygen atoms in total. The van der Waals surface area contributed by atoms with E-state index in [9.17, 15) is 9.59 Å². The van der Waals surface area contributed by atoms with Crippen LogP contribution in [0.4, 0.5) is 0 Å². The largest absolute Gasteiger partial charge is 0.375 e. The Bertz CT molecular complexity index is 1140. The summed E-state index contributed by atoms with van der Waals surface area (Å²) in [6, 6.07) is 14.7. The number of rotatable bonds is 5. The van der Waals surface area contributed by atoms with Crippen LogP contribution < -0.4 is 5.56 Å². The number of fused-ring (bicyclic) bond motifs is 1. The predicted octanol–water partition coefficient (Wildman–Crippen LogP) is 5.26. The van der Waals surface area contributed by atoms with Crippen molar-refractivity contribution >= 4 is 44.4 Å². The number of hydrogen-bond acceptors (Lipinski definition) is 5. The molecule has 1 fully saturated rings. The molecular formula is C23H23BrN2O3S. The van der Waals surface area contributed by atoms with Gasteiger partial charge in [-0.15, -0.1) is 0 Å². The third-order valence-corrected chi connectivity index (χ3v) is 6.79. The van der Waals surface area contributed by atoms with Gasteiger partial charge >= 0.3 is 0 Å². The summed E-state index contributed by atoms with van der Waals surface area (Å²) in [6.45, 7) is 4.68. The molecule has 2 heterocycles. The number of halogens is 1. The van der Waals surface area contributed by atoms with Gasteiger partial charge in [-0.2, -0.15) is 0 Å². The first-order valence-corrected chi connectivity index (χ1v) is 11.7. The van der Waals surface area contributed by atoms with E-state index in [1.54, 1.807) is 16.7 Å². The van der Waals surface area contributed by atoms with E-state index in [0.717, 1.165) is 17.3 Å². The first-order chi connectivity index (χ1) is 14.3. The van der Waals surface area contributed by atoms with Gasteiger partial charge in [-0.3, -0.25) is 14.2 Å². The van der Waals surface area contributed by atoms with Crippen molar-refractivity contribution in [3.05, 3.63) is 68.9 Å². The maximum atomic E-state index is 13.4. The first-order valence-electron chi connectivity index (χ1n) is 9.91. The quantitative estimate of drug-likeness (QED) is 0.279. The van der Waals surface area contributed by atoms with Crippen LogP contribution in [0.2, 0.25) is 0 Å². The van der Waals surface area contributed by atoms with Crippen molar-refractivity contribution < 1.29 is 9.53 Å². The molecule has 3 aromatic rings. The molecule has 0 radical (unpaired) electrons. The fraction of sp³-hybridized carbons (Fsp3) is 0.348. The Morgan fingerprint density at radius 1 is 1.23 bits per heavy atom. The van der Waals surface area contributed by atoms with E-state index in [4.69, 9.17) is 9.72 Å². The van der Waals surface area contributed by atoms with E-state index in [-0.39, 0.29) is 28.7 Å². The van der Waals surface area contributed by atoms with Crippen LogP contribution in [0, 0.1) is 0 Å². The van der Waals surface area contributed by atoms with Gasteiger partial charge in [-0.25, -0.2) is 4.98 Å². The highest BCUT2D eigenvalue weighted by Gasteiger charge is 2.32. The van der Waals surface area contributed by atoms with Gasteiger partial charge in [0.2, 0.25) is 0 Å². The second kappa shape index (κ2) is 8.65. The molecule has 7 heteroatoms. The minimum Gasteiger partial charge on any atom is -0.375 e. The first kappa shape index (κ1) is 21.3. The van der Waals surface area contributed by atoms with E-state index in [0.29, 0.717) is 28.2 Å². The molecule has 30 heavy (non-hydrogen) atoms. The average molecular weight is 487 g/mol. The predicted molar refractivity (Wildman–Crippen MR) is 124 cm³/mol. The Hall–Kier alpha value is -1.96. The highest BCUT2D eigenvalue weighted by atomic mass is 79.9. The van der Waals surface area contributed by atoms with Crippen molar-refractivity contribution in [3.8, 4) is 0 Å². The molecular weight excluding hydrogens is 464 g/mol. The zero-order chi connectivity index (χ0) is 21.3. The van der Waals surface area contributed by atoms with Gasteiger partial charge in [-0.1, -0.05) is 52.0 Å². The normalized spacial score (nSPS) is 18.4. The fourth-order valence-corrected chi connectivity index (χ4v) is 5.04. The van der Waals surface area contributed by atoms with Crippen molar-refractivity contribution in [2.45, 2.75) is 43.5 Å². The molecule has 0 spiro atoms. The van der Waals surface area contributed by atoms with Crippen LogP contribution in [0.5, 0.6) is 0 Å². The van der Waals surface area contributed by atoms with E-state index >= 15 is 0 Å². The Labute approximate surface area is 188 Å². The zero-order valence-electron chi connectivity index (χ0n) is 16.9. The Kier molecular flexibility index (Phi) is 6.14. The fourth-order valence-electron chi connectivity index (χ4n) is 3.82. The van der Waals surface area contributed by atoms with Crippen LogP contribution in [0.3, 0.4) is 0 Å². The Morgan fingerprint density at radius 3 is 2.70 bits per heavy atom. The molecule has 4 rings (SSSR count). The smallest absolute Gasteiger partial charge is 0.262 e. The number of carbonyl (C=O) groups is 1. The lowest BCUT2D eigenvalue weighted by Crippen LogP contribution is -2.39. The topological polar surface area (TPSA) is 61.2 Å². The molecule has 1 aliphatic heterocycles. The van der Waals surface area contributed by atoms with Crippen molar-refractivity contribution in [2.24, 2.45) is 0 Å². The number of ether oxygens (including phenoxy) is 1. The van der Waals surface area contributed by atoms with Gasteiger partial charge in [0, 0.05) is 22.7 Å². The number of carbonyl (C=O) groups excluding carboxylic acids is 1. The molecule has 0 saturated carbocycles. The van der Waals surface area contributed by atoms with Crippen LogP contribution in [0.1, 0.15) is 43.1 Å². The van der Waals surface area contributed by atoms with Crippen LogP contribution in [-0.4, -0.2) is 33.3 Å². The standard InChI is InChI=1S/C23H23BrN2O3S/c1-23(2)13-17(11-12-29-23)26-21(28)18-5-3-4-6-19(18)25-22(26)30-14-20(27)15-7-9-16(24)10-8-15/h3-10,17H,11-14H2,1-2H3/t17-/m1/s1. The molecule has 1 aromatic heterocycles. The number of para-hydroxylation sites is 1. The number of hydrogen-bond donors (Lipinski definition) is 0. The molecule has 0 unspecified atom stereocenters. The lowest BCUT2D eigenvalue weighted by atomic mass is 9.93. The van der Waals surface area contributed by atoms with Gasteiger partial charge in [0.25, 0.3) is 5.56 Å². The van der Waals surface area contributed by atoms with Crippen LogP contribution in [-0.2, 0) is 4.74 Å². The SMILES string of the molecule is CC1(C)C[C@H](n2c(SCC(=O)c3ccc(Br)cc3)nc3ccccc3c2=O)CCO1. The summed E-state index contributed by atoms with van der Waals surface area (Å²) < 4.78 is 8.56. The maximum Gasteiger partial charge on any atom is 0.262 e. The second-order valence-corrected chi connectivity index (χ2v) is 9.92. The third kappa shape index (κ3) is 4.53. The number of Topliss-reactive ketones (excluding diaryl/α,β-unsaturated/α-hetero) is 1. The van der Waals surface area contributed by atoms with Crippen molar-refractivity contribution in [3.63, 3.8) is 0 Å². The number of benzene rings is 2. The highest BCUT2D eigenvalue weighted by Crippen LogP contribution is 2.34. The second-order valence-electron chi connectivity index (χ2n) is 8.06. The summed E-state index contributed by atoms with van der Waals surface area (Å²) in [6.07, 6.45) is 1.47. The summed E-state index contributed by atoms with van der Waals surface area (Å²) in [4.78, 5) is 30.9. The van der Waals surface area contributed by atoms with Crippen LogP contribution >= 0.6 is 27.7 Å². The van der Waals surface area contributed by atoms with Gasteiger partial charge in [0.15, 0.2) is 10.9 Å². The summed E-state index contributed by atoms with van der Waals surface area (Å²) in [5.41, 5.74) is 0.946. The lowest BCUT2D eigenvalue weighted by molar-refractivity contribution is -0.0708. The number of aromatic nitrogens is 2. The number of nitrogens with zero attached hydrogens (tertiary/aromatic N) is 2. The van der Waals surface area contributed by atoms with Gasteiger partial charge in [0.05, 0.1) is 22.3 Å². The summed E-state index contributed by atoms with van der Waals surface area (Å²) >= 11 is 4.72. The molecule has 0 aliphatic carbocycles. The van der Waals surface area contributed by atoms with E-state index in [1.165, 1.54) is 11.8 Å².